The first kappa shape index (κ1) is 21.2. The molecule has 1 heterocycles. The fourth-order valence-electron chi connectivity index (χ4n) is 3.88. The Kier molecular flexibility index (Phi) is 5.99. The first-order valence-electron chi connectivity index (χ1n) is 10.3. The van der Waals surface area contributed by atoms with Gasteiger partial charge in [-0.15, -0.1) is 0 Å². The highest BCUT2D eigenvalue weighted by Gasteiger charge is 2.51. The van der Waals surface area contributed by atoms with Crippen molar-refractivity contribution in [2.75, 3.05) is 7.11 Å². The van der Waals surface area contributed by atoms with Crippen LogP contribution in [0.15, 0.2) is 96.6 Å². The van der Waals surface area contributed by atoms with Crippen molar-refractivity contribution in [1.29, 1.82) is 0 Å². The van der Waals surface area contributed by atoms with Crippen molar-refractivity contribution in [3.05, 3.63) is 113 Å². The molecule has 0 radical (unpaired) electrons. The van der Waals surface area contributed by atoms with E-state index in [2.05, 4.69) is 0 Å². The van der Waals surface area contributed by atoms with Gasteiger partial charge in [-0.2, -0.15) is 0 Å². The third-order valence-corrected chi connectivity index (χ3v) is 5.48. The number of carbonyl (C=O) groups excluding carboxylic acids is 3. The summed E-state index contributed by atoms with van der Waals surface area (Å²) in [5.74, 6) is -0.906. The number of ether oxygens (including phenoxy) is 2. The summed E-state index contributed by atoms with van der Waals surface area (Å²) >= 11 is 0. The van der Waals surface area contributed by atoms with E-state index in [0.717, 1.165) is 0 Å². The minimum atomic E-state index is -1.62. The molecule has 0 N–H and O–H groups in total. The maximum absolute atomic E-state index is 13.4. The topological polar surface area (TPSA) is 69.7 Å². The molecule has 0 saturated heterocycles. The predicted octanol–water partition coefficient (Wildman–Crippen LogP) is 4.89. The summed E-state index contributed by atoms with van der Waals surface area (Å²) in [6.07, 6.45) is -0.304. The van der Waals surface area contributed by atoms with Crippen LogP contribution in [0.3, 0.4) is 0 Å². The second kappa shape index (κ2) is 9.02. The maximum Gasteiger partial charge on any atom is 0.351 e. The van der Waals surface area contributed by atoms with Gasteiger partial charge in [0.25, 0.3) is 0 Å². The Bertz CT molecular complexity index is 1170. The summed E-state index contributed by atoms with van der Waals surface area (Å²) in [5, 5.41) is 0. The van der Waals surface area contributed by atoms with E-state index in [4.69, 9.17) is 9.47 Å². The average molecular weight is 426 g/mol. The first-order chi connectivity index (χ1) is 15.5. The van der Waals surface area contributed by atoms with Crippen molar-refractivity contribution in [3.63, 3.8) is 0 Å². The van der Waals surface area contributed by atoms with Gasteiger partial charge >= 0.3 is 5.97 Å². The highest BCUT2D eigenvalue weighted by atomic mass is 16.6. The van der Waals surface area contributed by atoms with E-state index in [1.54, 1.807) is 60.7 Å². The summed E-state index contributed by atoms with van der Waals surface area (Å²) in [5.41, 5.74) is 0.323. The van der Waals surface area contributed by atoms with Gasteiger partial charge in [-0.3, -0.25) is 9.59 Å². The molecule has 5 heteroatoms. The normalized spacial score (nSPS) is 17.5. The zero-order valence-corrected chi connectivity index (χ0v) is 17.6. The van der Waals surface area contributed by atoms with E-state index >= 15 is 0 Å². The van der Waals surface area contributed by atoms with E-state index in [0.29, 0.717) is 28.0 Å². The molecule has 32 heavy (non-hydrogen) atoms. The monoisotopic (exact) mass is 426 g/mol. The maximum atomic E-state index is 13.4. The van der Waals surface area contributed by atoms with Crippen LogP contribution in [0.5, 0.6) is 0 Å². The van der Waals surface area contributed by atoms with Gasteiger partial charge in [0.15, 0.2) is 11.6 Å². The van der Waals surface area contributed by atoms with Gasteiger partial charge < -0.3 is 9.47 Å². The summed E-state index contributed by atoms with van der Waals surface area (Å²) in [7, 11) is 1.25. The molecular formula is C27H22O5. The number of hydrogen-bond acceptors (Lipinski definition) is 5. The van der Waals surface area contributed by atoms with Crippen molar-refractivity contribution in [1.82, 2.24) is 0 Å². The van der Waals surface area contributed by atoms with E-state index in [1.807, 2.05) is 30.3 Å². The molecule has 0 bridgehead atoms. The Morgan fingerprint density at radius 1 is 0.812 bits per heavy atom. The second-order valence-corrected chi connectivity index (χ2v) is 7.60. The standard InChI is InChI=1S/C27H22O5/c1-31-26(30)27(18-23(28)19-11-5-2-6-12-19)17-22(24(29)20-13-7-3-8-14-20)25(32-27)21-15-9-4-10-16-21/h2-16H,17-18H2,1H3. The Labute approximate surface area is 186 Å². The van der Waals surface area contributed by atoms with Crippen LogP contribution in [0.4, 0.5) is 0 Å². The van der Waals surface area contributed by atoms with Gasteiger partial charge in [-0.05, 0) is 0 Å². The van der Waals surface area contributed by atoms with Crippen LogP contribution >= 0.6 is 0 Å². The highest BCUT2D eigenvalue weighted by molar-refractivity contribution is 6.14. The first-order valence-corrected chi connectivity index (χ1v) is 10.3. The van der Waals surface area contributed by atoms with E-state index in [-0.39, 0.29) is 24.4 Å². The number of ketones is 2. The Balaban J connectivity index is 1.76. The molecule has 0 spiro atoms. The molecule has 0 saturated carbocycles. The second-order valence-electron chi connectivity index (χ2n) is 7.60. The van der Waals surface area contributed by atoms with E-state index < -0.39 is 11.6 Å². The molecule has 0 aliphatic carbocycles. The highest BCUT2D eigenvalue weighted by Crippen LogP contribution is 2.43. The SMILES string of the molecule is COC(=O)C1(CC(=O)c2ccccc2)CC(C(=O)c2ccccc2)=C(c2ccccc2)O1. The van der Waals surface area contributed by atoms with Gasteiger partial charge in [0, 0.05) is 28.7 Å². The minimum absolute atomic E-state index is 0.0593. The molecule has 1 aliphatic heterocycles. The van der Waals surface area contributed by atoms with Crippen LogP contribution in [0.1, 0.15) is 39.1 Å². The lowest BCUT2D eigenvalue weighted by Crippen LogP contribution is -2.42. The summed E-state index contributed by atoms with van der Waals surface area (Å²) in [6.45, 7) is 0. The molecule has 0 fully saturated rings. The number of carbonyl (C=O) groups is 3. The third-order valence-electron chi connectivity index (χ3n) is 5.48. The van der Waals surface area contributed by atoms with Crippen LogP contribution in [-0.2, 0) is 14.3 Å². The Hall–Kier alpha value is -3.99. The molecule has 0 amide bonds. The van der Waals surface area contributed by atoms with Gasteiger partial charge in [-0.1, -0.05) is 91.0 Å². The number of esters is 1. The molecule has 1 unspecified atom stereocenters. The fourth-order valence-corrected chi connectivity index (χ4v) is 3.88. The van der Waals surface area contributed by atoms with Crippen LogP contribution in [0.2, 0.25) is 0 Å². The third kappa shape index (κ3) is 4.10. The molecule has 160 valence electrons. The number of methoxy groups -OCH3 is 1. The lowest BCUT2D eigenvalue weighted by molar-refractivity contribution is -0.159. The molecule has 3 aromatic carbocycles. The smallest absolute Gasteiger partial charge is 0.351 e. The molecule has 3 aromatic rings. The number of hydrogen-bond donors (Lipinski definition) is 0. The van der Waals surface area contributed by atoms with E-state index in [9.17, 15) is 14.4 Å². The quantitative estimate of drug-likeness (QED) is 0.398. The molecule has 5 nitrogen and oxygen atoms in total. The largest absolute Gasteiger partial charge is 0.474 e. The van der Waals surface area contributed by atoms with Gasteiger partial charge in [-0.25, -0.2) is 4.79 Å². The van der Waals surface area contributed by atoms with Crippen molar-refractivity contribution < 1.29 is 23.9 Å². The van der Waals surface area contributed by atoms with Gasteiger partial charge in [0.2, 0.25) is 5.60 Å². The van der Waals surface area contributed by atoms with E-state index in [1.165, 1.54) is 7.11 Å². The predicted molar refractivity (Wildman–Crippen MR) is 120 cm³/mol. The zero-order chi connectivity index (χ0) is 22.6. The van der Waals surface area contributed by atoms with Crippen molar-refractivity contribution >= 4 is 23.3 Å². The van der Waals surface area contributed by atoms with Crippen LogP contribution < -0.4 is 0 Å². The van der Waals surface area contributed by atoms with Gasteiger partial charge in [0.05, 0.1) is 13.5 Å². The Morgan fingerprint density at radius 2 is 1.34 bits per heavy atom. The number of Topliss-reactive ketones (excluding diaryl/α,β-unsaturated/α-hetero) is 2. The zero-order valence-electron chi connectivity index (χ0n) is 17.6. The summed E-state index contributed by atoms with van der Waals surface area (Å²) < 4.78 is 11.2. The average Bonchev–Trinajstić information content (AvgIpc) is 3.25. The molecule has 4 rings (SSSR count). The lowest BCUT2D eigenvalue weighted by atomic mass is 9.86. The summed E-state index contributed by atoms with van der Waals surface area (Å²) in [6, 6.07) is 26.6. The van der Waals surface area contributed by atoms with Crippen molar-refractivity contribution in [2.24, 2.45) is 0 Å². The molecule has 1 atom stereocenters. The summed E-state index contributed by atoms with van der Waals surface area (Å²) in [4.78, 5) is 39.4. The van der Waals surface area contributed by atoms with Crippen LogP contribution in [0.25, 0.3) is 5.76 Å². The molecular weight excluding hydrogens is 404 g/mol. The van der Waals surface area contributed by atoms with Gasteiger partial charge in [0.1, 0.15) is 5.76 Å². The lowest BCUT2D eigenvalue weighted by Gasteiger charge is -2.26. The number of benzene rings is 3. The number of rotatable bonds is 7. The van der Waals surface area contributed by atoms with Crippen molar-refractivity contribution in [3.8, 4) is 0 Å². The van der Waals surface area contributed by atoms with Crippen LogP contribution in [0, 0.1) is 0 Å². The van der Waals surface area contributed by atoms with Crippen molar-refractivity contribution in [2.45, 2.75) is 18.4 Å². The molecule has 0 aromatic heterocycles. The fraction of sp³-hybridized carbons (Fsp3) is 0.148. The minimum Gasteiger partial charge on any atom is -0.474 e. The molecule has 1 aliphatic rings. The Morgan fingerprint density at radius 3 is 1.91 bits per heavy atom. The van der Waals surface area contributed by atoms with Crippen LogP contribution in [-0.4, -0.2) is 30.2 Å².